The first-order valence-electron chi connectivity index (χ1n) is 14.9. The van der Waals surface area contributed by atoms with E-state index >= 15 is 0 Å². The highest BCUT2D eigenvalue weighted by molar-refractivity contribution is 6.31. The number of anilines is 1. The van der Waals surface area contributed by atoms with Gasteiger partial charge in [-0.25, -0.2) is 9.50 Å². The van der Waals surface area contributed by atoms with Crippen LogP contribution in [0.5, 0.6) is 5.75 Å². The van der Waals surface area contributed by atoms with E-state index in [0.29, 0.717) is 24.8 Å². The van der Waals surface area contributed by atoms with Crippen molar-refractivity contribution >= 4 is 41.2 Å². The lowest BCUT2D eigenvalue weighted by Crippen LogP contribution is -2.53. The van der Waals surface area contributed by atoms with Gasteiger partial charge in [-0.2, -0.15) is 19.0 Å². The lowest BCUT2D eigenvalue weighted by atomic mass is 10.0. The van der Waals surface area contributed by atoms with Gasteiger partial charge in [-0.1, -0.05) is 11.6 Å². The van der Waals surface area contributed by atoms with Crippen LogP contribution in [-0.4, -0.2) is 121 Å². The van der Waals surface area contributed by atoms with E-state index in [9.17, 15) is 18.4 Å². The van der Waals surface area contributed by atoms with E-state index in [-0.39, 0.29) is 52.2 Å². The molecule has 0 atom stereocenters. The molecule has 4 aromatic rings. The monoisotopic (exact) mass is 673 g/mol. The van der Waals surface area contributed by atoms with Crippen LogP contribution in [0.1, 0.15) is 23.2 Å². The summed E-state index contributed by atoms with van der Waals surface area (Å²) in [6.45, 7) is 1.97. The summed E-state index contributed by atoms with van der Waals surface area (Å²) in [6, 6.07) is 6.27. The Morgan fingerprint density at radius 2 is 1.89 bits per heavy atom. The van der Waals surface area contributed by atoms with Crippen LogP contribution in [0, 0.1) is 0 Å². The summed E-state index contributed by atoms with van der Waals surface area (Å²) in [4.78, 5) is 46.0. The van der Waals surface area contributed by atoms with Gasteiger partial charge in [0.25, 0.3) is 12.4 Å². The van der Waals surface area contributed by atoms with Gasteiger partial charge in [0.1, 0.15) is 23.6 Å². The number of ether oxygens (including phenoxy) is 1. The number of carboxylic acid groups (broad SMARTS) is 1. The van der Waals surface area contributed by atoms with Crippen molar-refractivity contribution in [1.29, 1.82) is 0 Å². The fourth-order valence-electron chi connectivity index (χ4n) is 5.76. The van der Waals surface area contributed by atoms with Crippen molar-refractivity contribution in [1.82, 2.24) is 39.1 Å². The molecule has 47 heavy (non-hydrogen) atoms. The molecular formula is C30H34ClF2N9O5. The van der Waals surface area contributed by atoms with Crippen LogP contribution in [0.3, 0.4) is 0 Å². The Kier molecular flexibility index (Phi) is 11.0. The Morgan fingerprint density at radius 3 is 2.60 bits per heavy atom. The van der Waals surface area contributed by atoms with Crippen LogP contribution in [0.25, 0.3) is 16.9 Å². The van der Waals surface area contributed by atoms with Gasteiger partial charge in [-0.3, -0.25) is 24.0 Å². The number of fused-ring (bicyclic) bond motifs is 1. The van der Waals surface area contributed by atoms with E-state index in [1.807, 2.05) is 4.90 Å². The average molecular weight is 674 g/mol. The zero-order valence-electron chi connectivity index (χ0n) is 25.5. The van der Waals surface area contributed by atoms with Gasteiger partial charge in [-0.05, 0) is 44.2 Å². The number of carbonyl (C=O) groups is 3. The van der Waals surface area contributed by atoms with E-state index < -0.39 is 12.5 Å². The predicted molar refractivity (Wildman–Crippen MR) is 168 cm³/mol. The number of hydrogen-bond donors (Lipinski definition) is 2. The Labute approximate surface area is 273 Å². The zero-order valence-corrected chi connectivity index (χ0v) is 26.3. The minimum absolute atomic E-state index is 0.105. The fourth-order valence-corrected chi connectivity index (χ4v) is 5.93. The van der Waals surface area contributed by atoms with Crippen molar-refractivity contribution in [3.05, 3.63) is 59.6 Å². The van der Waals surface area contributed by atoms with Crippen molar-refractivity contribution in [2.45, 2.75) is 32.0 Å². The van der Waals surface area contributed by atoms with Gasteiger partial charge in [0, 0.05) is 74.5 Å². The molecule has 2 fully saturated rings. The second kappa shape index (κ2) is 15.3. The van der Waals surface area contributed by atoms with E-state index in [0.717, 1.165) is 39.0 Å². The van der Waals surface area contributed by atoms with Crippen molar-refractivity contribution < 1.29 is 33.0 Å². The molecule has 14 nitrogen and oxygen atoms in total. The largest absolute Gasteiger partial charge is 0.483 e. The molecule has 0 aliphatic carbocycles. The Morgan fingerprint density at radius 1 is 1.17 bits per heavy atom. The minimum atomic E-state index is -3.10. The van der Waals surface area contributed by atoms with Crippen LogP contribution in [-0.2, 0) is 16.1 Å². The molecule has 2 aliphatic heterocycles. The smallest absolute Gasteiger partial charge is 0.387 e. The Hall–Kier alpha value is -4.67. The highest BCUT2D eigenvalue weighted by Gasteiger charge is 2.29. The summed E-state index contributed by atoms with van der Waals surface area (Å²) in [5.74, 6) is -0.856. The van der Waals surface area contributed by atoms with Gasteiger partial charge < -0.3 is 25.0 Å². The second-order valence-electron chi connectivity index (χ2n) is 11.1. The van der Waals surface area contributed by atoms with Gasteiger partial charge in [0.15, 0.2) is 5.65 Å². The third-order valence-electron chi connectivity index (χ3n) is 8.12. The molecular weight excluding hydrogens is 640 g/mol. The van der Waals surface area contributed by atoms with E-state index in [4.69, 9.17) is 26.2 Å². The Balaban J connectivity index is 0.00000139. The summed E-state index contributed by atoms with van der Waals surface area (Å²) in [6.07, 6.45) is 7.85. The van der Waals surface area contributed by atoms with Gasteiger partial charge in [0.05, 0.1) is 11.9 Å². The second-order valence-corrected chi connectivity index (χ2v) is 11.5. The maximum absolute atomic E-state index is 13.4. The number of nitrogens with one attached hydrogen (secondary N) is 1. The normalized spacial score (nSPS) is 16.1. The molecule has 0 saturated carbocycles. The van der Waals surface area contributed by atoms with Gasteiger partial charge in [-0.15, -0.1) is 0 Å². The molecule has 6 rings (SSSR count). The van der Waals surface area contributed by atoms with E-state index in [1.54, 1.807) is 12.3 Å². The van der Waals surface area contributed by atoms with Crippen LogP contribution in [0.15, 0.2) is 49.1 Å². The molecule has 17 heteroatoms. The first-order valence-corrected chi connectivity index (χ1v) is 15.2. The Bertz CT molecular complexity index is 1700. The number of carbonyl (C=O) groups excluding carboxylic acids is 2. The molecule has 3 aromatic heterocycles. The summed E-state index contributed by atoms with van der Waals surface area (Å²) in [5, 5.41) is 18.6. The highest BCUT2D eigenvalue weighted by atomic mass is 35.5. The first kappa shape index (κ1) is 33.7. The maximum Gasteiger partial charge on any atom is 0.387 e. The number of rotatable bonds is 8. The molecule has 250 valence electrons. The predicted octanol–water partition coefficient (Wildman–Crippen LogP) is 3.04. The molecule has 2 saturated heterocycles. The molecule has 1 aromatic carbocycles. The first-order chi connectivity index (χ1) is 22.7. The number of likely N-dealkylation sites (tertiary alicyclic amines) is 1. The SMILES string of the molecule is CN1CCN(C2CCN(C(=O)Cn3cc(NC(=O)c4cnn5cccnc45)c(-c4cc(Cl)ccc4OC(F)F)n3)CC2)CC1.O=CO. The third-order valence-corrected chi connectivity index (χ3v) is 8.35. The van der Waals surface area contributed by atoms with Gasteiger partial charge in [0.2, 0.25) is 5.91 Å². The number of piperazine rings is 1. The molecule has 0 bridgehead atoms. The molecule has 2 N–H and O–H groups in total. The summed E-state index contributed by atoms with van der Waals surface area (Å²) in [7, 11) is 2.13. The maximum atomic E-state index is 13.4. The topological polar surface area (TPSA) is 150 Å². The van der Waals surface area contributed by atoms with Gasteiger partial charge >= 0.3 is 6.61 Å². The zero-order chi connectivity index (χ0) is 33.5. The molecule has 0 unspecified atom stereocenters. The standard InChI is InChI=1S/C29H32ClF2N9O3.CH2O2/c1-37-11-13-38(14-12-37)20-5-9-39(10-6-20)25(42)18-40-17-23(35-28(43)22-16-34-41-8-2-7-33-27(22)41)26(36-40)21-15-19(30)3-4-24(21)44-29(31)32;2-1-3/h2-4,7-8,15-17,20,29H,5-6,9-14,18H2,1H3,(H,35,43);1H,(H,2,3). The number of amides is 2. The van der Waals surface area contributed by atoms with Crippen LogP contribution in [0.4, 0.5) is 14.5 Å². The number of halogens is 3. The summed E-state index contributed by atoms with van der Waals surface area (Å²) < 4.78 is 34.2. The third kappa shape index (κ3) is 8.19. The average Bonchev–Trinajstić information content (AvgIpc) is 3.66. The highest BCUT2D eigenvalue weighted by Crippen LogP contribution is 2.37. The number of aromatic nitrogens is 5. The number of benzene rings is 1. The van der Waals surface area contributed by atoms with Crippen LogP contribution in [0.2, 0.25) is 5.02 Å². The fraction of sp³-hybridized carbons (Fsp3) is 0.400. The number of likely N-dealkylation sites (N-methyl/N-ethyl adjacent to an activating group) is 1. The molecule has 2 amide bonds. The number of hydrogen-bond acceptors (Lipinski definition) is 9. The lowest BCUT2D eigenvalue weighted by molar-refractivity contribution is -0.133. The van der Waals surface area contributed by atoms with E-state index in [2.05, 4.69) is 37.3 Å². The lowest BCUT2D eigenvalue weighted by Gasteiger charge is -2.42. The molecule has 0 radical (unpaired) electrons. The minimum Gasteiger partial charge on any atom is -0.483 e. The van der Waals surface area contributed by atoms with Crippen molar-refractivity contribution in [3.63, 3.8) is 0 Å². The number of nitrogens with zero attached hydrogens (tertiary/aromatic N) is 8. The van der Waals surface area contributed by atoms with Crippen LogP contribution < -0.4 is 10.1 Å². The summed E-state index contributed by atoms with van der Waals surface area (Å²) >= 11 is 6.22. The van der Waals surface area contributed by atoms with Crippen molar-refractivity contribution in [3.8, 4) is 17.0 Å². The van der Waals surface area contributed by atoms with Crippen LogP contribution >= 0.6 is 11.6 Å². The molecule has 5 heterocycles. The quantitative estimate of drug-likeness (QED) is 0.267. The summed E-state index contributed by atoms with van der Waals surface area (Å²) in [5.41, 5.74) is 0.943. The van der Waals surface area contributed by atoms with E-state index in [1.165, 1.54) is 46.0 Å². The number of piperidine rings is 1. The van der Waals surface area contributed by atoms with Crippen molar-refractivity contribution in [2.24, 2.45) is 0 Å². The molecule has 0 spiro atoms. The number of alkyl halides is 2. The molecule has 2 aliphatic rings. The van der Waals surface area contributed by atoms with Crippen molar-refractivity contribution in [2.75, 3.05) is 51.6 Å².